The van der Waals surface area contributed by atoms with Gasteiger partial charge in [0.05, 0.1) is 0 Å². The van der Waals surface area contributed by atoms with E-state index in [1.807, 2.05) is 0 Å². The fraction of sp³-hybridized carbons (Fsp3) is 0.467. The van der Waals surface area contributed by atoms with Crippen molar-refractivity contribution in [2.45, 2.75) is 37.8 Å². The molecule has 0 bridgehead atoms. The number of amides is 1. The number of fused-ring (bicyclic) bond motifs is 1. The number of benzene rings is 1. The molecule has 2 heterocycles. The lowest BCUT2D eigenvalue weighted by Crippen LogP contribution is -2.52. The van der Waals surface area contributed by atoms with Gasteiger partial charge in [-0.1, -0.05) is 11.6 Å². The van der Waals surface area contributed by atoms with Crippen LogP contribution < -0.4 is 4.74 Å². The molecule has 0 aliphatic carbocycles. The average Bonchev–Trinajstić information content (AvgIpc) is 2.89. The maximum Gasteiger partial charge on any atom is 0.326 e. The minimum Gasteiger partial charge on any atom is -0.480 e. The van der Waals surface area contributed by atoms with Gasteiger partial charge in [0, 0.05) is 18.0 Å². The molecule has 1 aromatic carbocycles. The summed E-state index contributed by atoms with van der Waals surface area (Å²) in [6, 6.07) is 4.51. The van der Waals surface area contributed by atoms with Crippen molar-refractivity contribution in [3.8, 4) is 5.75 Å². The molecule has 112 valence electrons. The number of piperidine rings is 1. The number of carbonyl (C=O) groups excluding carboxylic acids is 1. The van der Waals surface area contributed by atoms with E-state index in [0.717, 1.165) is 18.4 Å². The van der Waals surface area contributed by atoms with Gasteiger partial charge in [-0.2, -0.15) is 0 Å². The number of hydrogen-bond acceptors (Lipinski definition) is 3. The van der Waals surface area contributed by atoms with Crippen LogP contribution in [0.1, 0.15) is 24.8 Å². The Balaban J connectivity index is 1.76. The van der Waals surface area contributed by atoms with Crippen LogP contribution in [0.2, 0.25) is 5.02 Å². The van der Waals surface area contributed by atoms with Crippen LogP contribution in [0.3, 0.4) is 0 Å². The summed E-state index contributed by atoms with van der Waals surface area (Å²) < 4.78 is 5.66. The molecule has 0 radical (unpaired) electrons. The van der Waals surface area contributed by atoms with Crippen LogP contribution in [0.15, 0.2) is 18.2 Å². The molecule has 1 aromatic rings. The Morgan fingerprint density at radius 1 is 1.33 bits per heavy atom. The minimum atomic E-state index is -0.943. The third kappa shape index (κ3) is 2.70. The first-order valence-electron chi connectivity index (χ1n) is 7.04. The molecule has 21 heavy (non-hydrogen) atoms. The molecule has 1 saturated heterocycles. The van der Waals surface area contributed by atoms with E-state index in [1.165, 1.54) is 4.90 Å². The van der Waals surface area contributed by atoms with Gasteiger partial charge in [0.2, 0.25) is 0 Å². The van der Waals surface area contributed by atoms with E-state index in [1.54, 1.807) is 18.2 Å². The van der Waals surface area contributed by atoms with Crippen molar-refractivity contribution in [2.24, 2.45) is 0 Å². The number of nitrogens with zero attached hydrogens (tertiary/aromatic N) is 1. The molecule has 0 saturated carbocycles. The van der Waals surface area contributed by atoms with Gasteiger partial charge in [0.25, 0.3) is 5.91 Å². The summed E-state index contributed by atoms with van der Waals surface area (Å²) in [5.74, 6) is -0.530. The summed E-state index contributed by atoms with van der Waals surface area (Å²) >= 11 is 5.94. The third-order valence-corrected chi connectivity index (χ3v) is 4.28. The van der Waals surface area contributed by atoms with E-state index < -0.39 is 18.1 Å². The zero-order chi connectivity index (χ0) is 15.0. The van der Waals surface area contributed by atoms with E-state index >= 15 is 0 Å². The molecule has 2 aliphatic rings. The number of carbonyl (C=O) groups is 2. The van der Waals surface area contributed by atoms with Gasteiger partial charge in [-0.15, -0.1) is 0 Å². The van der Waals surface area contributed by atoms with E-state index in [9.17, 15) is 14.7 Å². The second kappa shape index (κ2) is 5.56. The van der Waals surface area contributed by atoms with Gasteiger partial charge in [-0.3, -0.25) is 4.79 Å². The van der Waals surface area contributed by atoms with E-state index in [4.69, 9.17) is 16.3 Å². The molecule has 6 heteroatoms. The maximum absolute atomic E-state index is 12.6. The lowest BCUT2D eigenvalue weighted by Gasteiger charge is -2.34. The smallest absolute Gasteiger partial charge is 0.326 e. The second-order valence-electron chi connectivity index (χ2n) is 5.44. The third-order valence-electron chi connectivity index (χ3n) is 4.04. The first kappa shape index (κ1) is 14.2. The van der Waals surface area contributed by atoms with Crippen molar-refractivity contribution in [1.29, 1.82) is 0 Å². The first-order chi connectivity index (χ1) is 10.1. The van der Waals surface area contributed by atoms with Crippen LogP contribution in [0.25, 0.3) is 0 Å². The highest BCUT2D eigenvalue weighted by Crippen LogP contribution is 2.32. The molecule has 3 rings (SSSR count). The highest BCUT2D eigenvalue weighted by Gasteiger charge is 2.38. The number of likely N-dealkylation sites (tertiary alicyclic amines) is 1. The lowest BCUT2D eigenvalue weighted by molar-refractivity contribution is -0.155. The molecular formula is C15H16ClNO4. The van der Waals surface area contributed by atoms with Gasteiger partial charge < -0.3 is 14.7 Å². The molecule has 5 nitrogen and oxygen atoms in total. The van der Waals surface area contributed by atoms with Crippen molar-refractivity contribution in [1.82, 2.24) is 4.90 Å². The Hall–Kier alpha value is -1.75. The van der Waals surface area contributed by atoms with Crippen molar-refractivity contribution in [3.63, 3.8) is 0 Å². The molecule has 0 spiro atoms. The van der Waals surface area contributed by atoms with Crippen LogP contribution in [0.4, 0.5) is 0 Å². The molecule has 0 aromatic heterocycles. The Morgan fingerprint density at radius 3 is 2.90 bits per heavy atom. The Kier molecular flexibility index (Phi) is 3.76. The van der Waals surface area contributed by atoms with E-state index in [0.29, 0.717) is 30.2 Å². The summed E-state index contributed by atoms with van der Waals surface area (Å²) in [6.07, 6.45) is 1.98. The Bertz CT molecular complexity index is 589. The number of carboxylic acids is 1. The molecule has 1 N–H and O–H groups in total. The van der Waals surface area contributed by atoms with Gasteiger partial charge in [-0.05, 0) is 43.0 Å². The monoisotopic (exact) mass is 309 g/mol. The lowest BCUT2D eigenvalue weighted by atomic mass is 10.0. The molecule has 2 aliphatic heterocycles. The maximum atomic E-state index is 12.6. The minimum absolute atomic E-state index is 0.241. The molecular weight excluding hydrogens is 294 g/mol. The summed E-state index contributed by atoms with van der Waals surface area (Å²) in [5, 5.41) is 9.86. The number of ether oxygens (including phenoxy) is 1. The van der Waals surface area contributed by atoms with Crippen LogP contribution in [0, 0.1) is 0 Å². The van der Waals surface area contributed by atoms with Crippen LogP contribution in [0.5, 0.6) is 5.75 Å². The topological polar surface area (TPSA) is 66.8 Å². The molecule has 2 atom stereocenters. The predicted octanol–water partition coefficient (Wildman–Crippen LogP) is 2.11. The quantitative estimate of drug-likeness (QED) is 0.908. The fourth-order valence-electron chi connectivity index (χ4n) is 2.99. The van der Waals surface area contributed by atoms with Crippen molar-refractivity contribution in [3.05, 3.63) is 28.8 Å². The number of rotatable bonds is 2. The van der Waals surface area contributed by atoms with Crippen LogP contribution in [-0.4, -0.2) is 40.6 Å². The van der Waals surface area contributed by atoms with E-state index in [-0.39, 0.29) is 5.91 Å². The SMILES string of the molecule is O=C(O)[C@@H]1CCCCN1C(=O)C1Cc2cc(Cl)ccc2O1. The largest absolute Gasteiger partial charge is 0.480 e. The standard InChI is InChI=1S/C15H16ClNO4/c16-10-4-5-12-9(7-10)8-13(21-12)14(18)17-6-2-1-3-11(17)15(19)20/h4-5,7,11,13H,1-3,6,8H2,(H,19,20)/t11-,13?/m0/s1. The Labute approximate surface area is 127 Å². The molecule has 1 amide bonds. The number of carboxylic acid groups (broad SMARTS) is 1. The zero-order valence-electron chi connectivity index (χ0n) is 11.4. The van der Waals surface area contributed by atoms with Gasteiger partial charge in [0.1, 0.15) is 11.8 Å². The predicted molar refractivity (Wildman–Crippen MR) is 76.6 cm³/mol. The zero-order valence-corrected chi connectivity index (χ0v) is 12.2. The summed E-state index contributed by atoms with van der Waals surface area (Å²) in [4.78, 5) is 25.3. The number of aliphatic carboxylic acids is 1. The fourth-order valence-corrected chi connectivity index (χ4v) is 3.19. The van der Waals surface area contributed by atoms with E-state index in [2.05, 4.69) is 0 Å². The highest BCUT2D eigenvalue weighted by molar-refractivity contribution is 6.30. The Morgan fingerprint density at radius 2 is 2.14 bits per heavy atom. The summed E-state index contributed by atoms with van der Waals surface area (Å²) in [7, 11) is 0. The number of halogens is 1. The van der Waals surface area contributed by atoms with Gasteiger partial charge in [-0.25, -0.2) is 4.79 Å². The highest BCUT2D eigenvalue weighted by atomic mass is 35.5. The van der Waals surface area contributed by atoms with Crippen LogP contribution in [-0.2, 0) is 16.0 Å². The molecule has 1 unspecified atom stereocenters. The second-order valence-corrected chi connectivity index (χ2v) is 5.88. The van der Waals surface area contributed by atoms with Gasteiger partial charge >= 0.3 is 5.97 Å². The number of hydrogen-bond donors (Lipinski definition) is 1. The van der Waals surface area contributed by atoms with Crippen molar-refractivity contribution < 1.29 is 19.4 Å². The van der Waals surface area contributed by atoms with Gasteiger partial charge in [0.15, 0.2) is 6.10 Å². The summed E-state index contributed by atoms with van der Waals surface area (Å²) in [5.41, 5.74) is 0.893. The van der Waals surface area contributed by atoms with Crippen molar-refractivity contribution in [2.75, 3.05) is 6.54 Å². The van der Waals surface area contributed by atoms with Crippen LogP contribution >= 0.6 is 11.6 Å². The average molecular weight is 310 g/mol. The molecule has 1 fully saturated rings. The normalized spacial score (nSPS) is 24.3. The van der Waals surface area contributed by atoms with Crippen molar-refractivity contribution >= 4 is 23.5 Å². The first-order valence-corrected chi connectivity index (χ1v) is 7.42. The summed E-state index contributed by atoms with van der Waals surface area (Å²) in [6.45, 7) is 0.479.